The molecule has 1 aliphatic heterocycles. The van der Waals surface area contributed by atoms with Crippen LogP contribution in [0, 0.1) is 6.92 Å². The number of aliphatic hydroxyl groups excluding tert-OH is 1. The monoisotopic (exact) mass is 347 g/mol. The summed E-state index contributed by atoms with van der Waals surface area (Å²) in [6.07, 6.45) is 2.19. The van der Waals surface area contributed by atoms with E-state index in [0.717, 1.165) is 55.6 Å². The first-order chi connectivity index (χ1) is 12.1. The van der Waals surface area contributed by atoms with Crippen LogP contribution >= 0.6 is 0 Å². The summed E-state index contributed by atoms with van der Waals surface area (Å²) in [5.41, 5.74) is 0. The molecule has 25 heavy (non-hydrogen) atoms. The highest BCUT2D eigenvalue weighted by molar-refractivity contribution is 5.07. The zero-order valence-corrected chi connectivity index (χ0v) is 15.5. The van der Waals surface area contributed by atoms with Crippen LogP contribution in [-0.4, -0.2) is 63.0 Å². The third kappa shape index (κ3) is 4.48. The van der Waals surface area contributed by atoms with Gasteiger partial charge in [0.25, 0.3) is 0 Å². The van der Waals surface area contributed by atoms with E-state index >= 15 is 0 Å². The molecular formula is C18H29N5O2. The fraction of sp³-hybridized carbons (Fsp3) is 0.667. The van der Waals surface area contributed by atoms with E-state index in [1.54, 1.807) is 0 Å². The van der Waals surface area contributed by atoms with Gasteiger partial charge in [0.1, 0.15) is 23.2 Å². The Morgan fingerprint density at radius 2 is 2.04 bits per heavy atom. The molecule has 0 amide bonds. The SMILES string of the molecule is Cc1ccc(CN2CCC(c3nnc(CN(C)CCO)n3C)CC2)o1. The van der Waals surface area contributed by atoms with Gasteiger partial charge in [0, 0.05) is 19.5 Å². The van der Waals surface area contributed by atoms with Crippen molar-refractivity contribution in [1.29, 1.82) is 0 Å². The summed E-state index contributed by atoms with van der Waals surface area (Å²) >= 11 is 0. The number of likely N-dealkylation sites (N-methyl/N-ethyl adjacent to an activating group) is 1. The van der Waals surface area contributed by atoms with Crippen LogP contribution in [0.25, 0.3) is 0 Å². The summed E-state index contributed by atoms with van der Waals surface area (Å²) in [6.45, 7) is 6.49. The molecule has 0 aliphatic carbocycles. The molecule has 7 heteroatoms. The molecule has 0 saturated carbocycles. The summed E-state index contributed by atoms with van der Waals surface area (Å²) < 4.78 is 7.82. The first kappa shape index (κ1) is 18.1. The summed E-state index contributed by atoms with van der Waals surface area (Å²) in [6, 6.07) is 4.09. The molecule has 0 aromatic carbocycles. The Morgan fingerprint density at radius 1 is 1.28 bits per heavy atom. The number of furan rings is 1. The molecule has 138 valence electrons. The van der Waals surface area contributed by atoms with Gasteiger partial charge in [0.05, 0.1) is 19.7 Å². The zero-order chi connectivity index (χ0) is 17.8. The molecule has 3 heterocycles. The van der Waals surface area contributed by atoms with E-state index in [1.807, 2.05) is 20.0 Å². The van der Waals surface area contributed by atoms with Crippen LogP contribution in [0.4, 0.5) is 0 Å². The maximum absolute atomic E-state index is 9.03. The molecule has 1 N–H and O–H groups in total. The second-order valence-electron chi connectivity index (χ2n) is 7.06. The van der Waals surface area contributed by atoms with Crippen molar-refractivity contribution in [2.24, 2.45) is 7.05 Å². The molecule has 0 unspecified atom stereocenters. The Kier molecular flexibility index (Phi) is 5.88. The number of aliphatic hydroxyl groups is 1. The fourth-order valence-corrected chi connectivity index (χ4v) is 3.50. The van der Waals surface area contributed by atoms with E-state index in [2.05, 4.69) is 37.7 Å². The molecule has 2 aromatic rings. The summed E-state index contributed by atoms with van der Waals surface area (Å²) in [5, 5.41) is 17.8. The zero-order valence-electron chi connectivity index (χ0n) is 15.5. The van der Waals surface area contributed by atoms with Crippen LogP contribution in [0.5, 0.6) is 0 Å². The van der Waals surface area contributed by atoms with E-state index in [1.165, 1.54) is 0 Å². The minimum Gasteiger partial charge on any atom is -0.465 e. The van der Waals surface area contributed by atoms with Crippen molar-refractivity contribution in [3.8, 4) is 0 Å². The van der Waals surface area contributed by atoms with Gasteiger partial charge in [-0.05, 0) is 52.0 Å². The van der Waals surface area contributed by atoms with Gasteiger partial charge in [-0.25, -0.2) is 0 Å². The van der Waals surface area contributed by atoms with Crippen molar-refractivity contribution < 1.29 is 9.52 Å². The largest absolute Gasteiger partial charge is 0.465 e. The molecule has 0 radical (unpaired) electrons. The molecule has 1 aliphatic rings. The van der Waals surface area contributed by atoms with E-state index in [9.17, 15) is 0 Å². The molecule has 0 atom stereocenters. The highest BCUT2D eigenvalue weighted by Crippen LogP contribution is 2.27. The standard InChI is InChI=1S/C18H29N5O2/c1-14-4-5-16(25-14)12-23-8-6-15(7-9-23)18-20-19-17(22(18)3)13-21(2)10-11-24/h4-5,15,24H,6-13H2,1-3H3. The lowest BCUT2D eigenvalue weighted by molar-refractivity contribution is 0.186. The predicted octanol–water partition coefficient (Wildman–Crippen LogP) is 1.52. The molecule has 3 rings (SSSR count). The van der Waals surface area contributed by atoms with Gasteiger partial charge < -0.3 is 14.1 Å². The molecule has 0 spiro atoms. The maximum atomic E-state index is 9.03. The number of rotatable bonds is 7. The van der Waals surface area contributed by atoms with Crippen LogP contribution in [0.3, 0.4) is 0 Å². The Bertz CT molecular complexity index is 673. The highest BCUT2D eigenvalue weighted by atomic mass is 16.3. The average molecular weight is 347 g/mol. The lowest BCUT2D eigenvalue weighted by Crippen LogP contribution is -2.33. The number of hydrogen-bond acceptors (Lipinski definition) is 6. The van der Waals surface area contributed by atoms with Gasteiger partial charge in [0.15, 0.2) is 0 Å². The molecule has 0 bridgehead atoms. The van der Waals surface area contributed by atoms with Crippen LogP contribution < -0.4 is 0 Å². The summed E-state index contributed by atoms with van der Waals surface area (Å²) in [7, 11) is 4.04. The predicted molar refractivity (Wildman–Crippen MR) is 95.1 cm³/mol. The first-order valence-electron chi connectivity index (χ1n) is 9.02. The van der Waals surface area contributed by atoms with Gasteiger partial charge in [-0.3, -0.25) is 9.80 Å². The maximum Gasteiger partial charge on any atom is 0.146 e. The number of piperidine rings is 1. The highest BCUT2D eigenvalue weighted by Gasteiger charge is 2.25. The summed E-state index contributed by atoms with van der Waals surface area (Å²) in [5.74, 6) is 4.52. The van der Waals surface area contributed by atoms with E-state index in [0.29, 0.717) is 19.0 Å². The Hall–Kier alpha value is -1.70. The number of hydrogen-bond donors (Lipinski definition) is 1. The topological polar surface area (TPSA) is 70.6 Å². The van der Waals surface area contributed by atoms with Crippen LogP contribution in [0.15, 0.2) is 16.5 Å². The van der Waals surface area contributed by atoms with Crippen molar-refractivity contribution in [2.75, 3.05) is 33.3 Å². The lowest BCUT2D eigenvalue weighted by atomic mass is 9.96. The minimum absolute atomic E-state index is 0.162. The first-order valence-corrected chi connectivity index (χ1v) is 9.02. The smallest absolute Gasteiger partial charge is 0.146 e. The molecule has 7 nitrogen and oxygen atoms in total. The third-order valence-electron chi connectivity index (χ3n) is 5.02. The van der Waals surface area contributed by atoms with Gasteiger partial charge >= 0.3 is 0 Å². The summed E-state index contributed by atoms with van der Waals surface area (Å²) in [4.78, 5) is 4.50. The van der Waals surface area contributed by atoms with Crippen LogP contribution in [-0.2, 0) is 20.1 Å². The Balaban J connectivity index is 1.55. The normalized spacial score (nSPS) is 16.8. The lowest BCUT2D eigenvalue weighted by Gasteiger charge is -2.30. The van der Waals surface area contributed by atoms with Crippen LogP contribution in [0.2, 0.25) is 0 Å². The van der Waals surface area contributed by atoms with Gasteiger partial charge in [-0.2, -0.15) is 0 Å². The van der Waals surface area contributed by atoms with Gasteiger partial charge in [0.2, 0.25) is 0 Å². The molecule has 1 fully saturated rings. The molecule has 1 saturated heterocycles. The number of aromatic nitrogens is 3. The van der Waals surface area contributed by atoms with Gasteiger partial charge in [-0.1, -0.05) is 0 Å². The van der Waals surface area contributed by atoms with Crippen molar-refractivity contribution in [1.82, 2.24) is 24.6 Å². The van der Waals surface area contributed by atoms with Crippen molar-refractivity contribution >= 4 is 0 Å². The van der Waals surface area contributed by atoms with E-state index in [4.69, 9.17) is 9.52 Å². The average Bonchev–Trinajstić information content (AvgIpc) is 3.15. The minimum atomic E-state index is 0.162. The second kappa shape index (κ2) is 8.12. The van der Waals surface area contributed by atoms with Crippen LogP contribution in [0.1, 0.15) is 41.9 Å². The van der Waals surface area contributed by atoms with E-state index in [-0.39, 0.29) is 6.61 Å². The molecule has 2 aromatic heterocycles. The molecular weight excluding hydrogens is 318 g/mol. The number of likely N-dealkylation sites (tertiary alicyclic amines) is 1. The number of aryl methyl sites for hydroxylation is 1. The number of nitrogens with zero attached hydrogens (tertiary/aromatic N) is 5. The Morgan fingerprint density at radius 3 is 2.68 bits per heavy atom. The van der Waals surface area contributed by atoms with Crippen molar-refractivity contribution in [3.63, 3.8) is 0 Å². The fourth-order valence-electron chi connectivity index (χ4n) is 3.50. The van der Waals surface area contributed by atoms with Crippen molar-refractivity contribution in [2.45, 2.75) is 38.8 Å². The quantitative estimate of drug-likeness (QED) is 0.819. The second-order valence-corrected chi connectivity index (χ2v) is 7.06. The third-order valence-corrected chi connectivity index (χ3v) is 5.02. The van der Waals surface area contributed by atoms with Crippen molar-refractivity contribution in [3.05, 3.63) is 35.3 Å². The van der Waals surface area contributed by atoms with E-state index < -0.39 is 0 Å². The van der Waals surface area contributed by atoms with Gasteiger partial charge in [-0.15, -0.1) is 10.2 Å². The Labute approximate surface area is 149 Å².